The lowest BCUT2D eigenvalue weighted by Gasteiger charge is -2.20. The van der Waals surface area contributed by atoms with Crippen molar-refractivity contribution in [1.29, 1.82) is 0 Å². The van der Waals surface area contributed by atoms with Crippen molar-refractivity contribution in [2.75, 3.05) is 25.6 Å². The van der Waals surface area contributed by atoms with E-state index in [1.165, 1.54) is 6.07 Å². The minimum absolute atomic E-state index is 0.0399. The second-order valence-electron chi connectivity index (χ2n) is 3.65. The minimum Gasteiger partial charge on any atom is -0.396 e. The van der Waals surface area contributed by atoms with Gasteiger partial charge in [-0.25, -0.2) is 4.39 Å². The molecular weight excluding hydrogens is 181 g/mol. The monoisotopic (exact) mass is 197 g/mol. The molecule has 0 aliphatic rings. The molecule has 2 nitrogen and oxygen atoms in total. The standard InChI is InChI=1S/C11H16FNO/c1-8(7-14)11-9(12)5-4-6-10(11)13(2)3/h4-6,8,14H,7H2,1-3H3. The van der Waals surface area contributed by atoms with E-state index >= 15 is 0 Å². The van der Waals surface area contributed by atoms with Crippen LogP contribution < -0.4 is 4.90 Å². The number of hydrogen-bond donors (Lipinski definition) is 1. The van der Waals surface area contributed by atoms with Crippen molar-refractivity contribution in [3.05, 3.63) is 29.6 Å². The van der Waals surface area contributed by atoms with Crippen molar-refractivity contribution in [1.82, 2.24) is 0 Å². The van der Waals surface area contributed by atoms with Gasteiger partial charge in [-0.2, -0.15) is 0 Å². The van der Waals surface area contributed by atoms with Crippen LogP contribution in [0.25, 0.3) is 0 Å². The molecule has 1 aromatic rings. The van der Waals surface area contributed by atoms with Gasteiger partial charge in [0.2, 0.25) is 0 Å². The van der Waals surface area contributed by atoms with Gasteiger partial charge in [0, 0.05) is 37.9 Å². The van der Waals surface area contributed by atoms with E-state index in [9.17, 15) is 4.39 Å². The van der Waals surface area contributed by atoms with Crippen molar-refractivity contribution >= 4 is 5.69 Å². The van der Waals surface area contributed by atoms with Gasteiger partial charge in [-0.3, -0.25) is 0 Å². The third kappa shape index (κ3) is 2.04. The highest BCUT2D eigenvalue weighted by Crippen LogP contribution is 2.28. The predicted molar refractivity (Wildman–Crippen MR) is 56.2 cm³/mol. The normalized spacial score (nSPS) is 12.6. The third-order valence-corrected chi connectivity index (χ3v) is 2.28. The molecule has 0 radical (unpaired) electrons. The number of aliphatic hydroxyl groups excluding tert-OH is 1. The molecule has 3 heteroatoms. The van der Waals surface area contributed by atoms with E-state index < -0.39 is 0 Å². The molecule has 1 rings (SSSR count). The molecule has 0 aromatic heterocycles. The highest BCUT2D eigenvalue weighted by atomic mass is 19.1. The molecule has 1 unspecified atom stereocenters. The number of aliphatic hydroxyl groups is 1. The smallest absolute Gasteiger partial charge is 0.128 e. The van der Waals surface area contributed by atoms with Crippen molar-refractivity contribution in [2.24, 2.45) is 0 Å². The van der Waals surface area contributed by atoms with Gasteiger partial charge in [-0.05, 0) is 12.1 Å². The van der Waals surface area contributed by atoms with E-state index in [1.54, 1.807) is 6.07 Å². The molecule has 0 bridgehead atoms. The Balaban J connectivity index is 3.22. The summed E-state index contributed by atoms with van der Waals surface area (Å²) in [7, 11) is 3.73. The maximum Gasteiger partial charge on any atom is 0.128 e. The van der Waals surface area contributed by atoms with Crippen LogP contribution in [0.15, 0.2) is 18.2 Å². The molecule has 1 N–H and O–H groups in total. The molecule has 1 aromatic carbocycles. The third-order valence-electron chi connectivity index (χ3n) is 2.28. The second-order valence-corrected chi connectivity index (χ2v) is 3.65. The van der Waals surface area contributed by atoms with E-state index in [0.29, 0.717) is 5.56 Å². The zero-order valence-corrected chi connectivity index (χ0v) is 8.79. The molecule has 0 aliphatic carbocycles. The van der Waals surface area contributed by atoms with Gasteiger partial charge in [0.05, 0.1) is 0 Å². The van der Waals surface area contributed by atoms with Gasteiger partial charge in [-0.15, -0.1) is 0 Å². The number of halogens is 1. The van der Waals surface area contributed by atoms with Gasteiger partial charge < -0.3 is 10.0 Å². The first-order chi connectivity index (χ1) is 6.57. The Kier molecular flexibility index (Phi) is 3.47. The molecular formula is C11H16FNO. The van der Waals surface area contributed by atoms with Crippen LogP contribution in [0.3, 0.4) is 0 Å². The highest BCUT2D eigenvalue weighted by molar-refractivity contribution is 5.54. The van der Waals surface area contributed by atoms with Crippen LogP contribution in [-0.2, 0) is 0 Å². The molecule has 0 aliphatic heterocycles. The summed E-state index contributed by atoms with van der Waals surface area (Å²) in [5, 5.41) is 9.03. The average Bonchev–Trinajstić information content (AvgIpc) is 2.16. The Morgan fingerprint density at radius 1 is 1.43 bits per heavy atom. The summed E-state index contributed by atoms with van der Waals surface area (Å²) in [5.41, 5.74) is 1.41. The van der Waals surface area contributed by atoms with Crippen molar-refractivity contribution in [3.63, 3.8) is 0 Å². The summed E-state index contributed by atoms with van der Waals surface area (Å²) in [6, 6.07) is 4.96. The summed E-state index contributed by atoms with van der Waals surface area (Å²) in [4.78, 5) is 1.85. The van der Waals surface area contributed by atoms with E-state index in [2.05, 4.69) is 0 Å². The van der Waals surface area contributed by atoms with Gasteiger partial charge in [0.25, 0.3) is 0 Å². The van der Waals surface area contributed by atoms with E-state index in [4.69, 9.17) is 5.11 Å². The number of nitrogens with zero attached hydrogens (tertiary/aromatic N) is 1. The quantitative estimate of drug-likeness (QED) is 0.801. The zero-order valence-electron chi connectivity index (χ0n) is 8.79. The first-order valence-electron chi connectivity index (χ1n) is 4.64. The summed E-state index contributed by atoms with van der Waals surface area (Å²) < 4.78 is 13.5. The Morgan fingerprint density at radius 3 is 2.57 bits per heavy atom. The largest absolute Gasteiger partial charge is 0.396 e. The molecule has 0 heterocycles. The van der Waals surface area contributed by atoms with E-state index in [0.717, 1.165) is 5.69 Å². The minimum atomic E-state index is -0.252. The van der Waals surface area contributed by atoms with Crippen LogP contribution in [0.4, 0.5) is 10.1 Å². The topological polar surface area (TPSA) is 23.5 Å². The molecule has 0 amide bonds. The zero-order chi connectivity index (χ0) is 10.7. The van der Waals surface area contributed by atoms with Crippen LogP contribution in [0, 0.1) is 5.82 Å². The first-order valence-corrected chi connectivity index (χ1v) is 4.64. The van der Waals surface area contributed by atoms with Crippen LogP contribution >= 0.6 is 0 Å². The van der Waals surface area contributed by atoms with Crippen LogP contribution in [0.1, 0.15) is 18.4 Å². The number of benzene rings is 1. The molecule has 78 valence electrons. The fraction of sp³-hybridized carbons (Fsp3) is 0.455. The summed E-state index contributed by atoms with van der Waals surface area (Å²) in [6.45, 7) is 1.77. The molecule has 0 fully saturated rings. The maximum absolute atomic E-state index is 13.5. The lowest BCUT2D eigenvalue weighted by atomic mass is 9.99. The van der Waals surface area contributed by atoms with Gasteiger partial charge in [0.15, 0.2) is 0 Å². The first kappa shape index (κ1) is 11.0. The van der Waals surface area contributed by atoms with Crippen LogP contribution in [-0.4, -0.2) is 25.8 Å². The Morgan fingerprint density at radius 2 is 2.07 bits per heavy atom. The average molecular weight is 197 g/mol. The van der Waals surface area contributed by atoms with Crippen LogP contribution in [0.2, 0.25) is 0 Å². The fourth-order valence-electron chi connectivity index (χ4n) is 1.49. The molecule has 0 saturated carbocycles. The highest BCUT2D eigenvalue weighted by Gasteiger charge is 2.15. The summed E-state index contributed by atoms with van der Waals surface area (Å²) in [5.74, 6) is -0.425. The van der Waals surface area contributed by atoms with Crippen molar-refractivity contribution in [3.8, 4) is 0 Å². The van der Waals surface area contributed by atoms with Gasteiger partial charge >= 0.3 is 0 Å². The number of anilines is 1. The molecule has 14 heavy (non-hydrogen) atoms. The van der Waals surface area contributed by atoms with Crippen molar-refractivity contribution < 1.29 is 9.50 Å². The summed E-state index contributed by atoms with van der Waals surface area (Å²) in [6.07, 6.45) is 0. The maximum atomic E-state index is 13.5. The number of rotatable bonds is 3. The fourth-order valence-corrected chi connectivity index (χ4v) is 1.49. The Hall–Kier alpha value is -1.09. The second kappa shape index (κ2) is 4.42. The number of hydrogen-bond acceptors (Lipinski definition) is 2. The summed E-state index contributed by atoms with van der Waals surface area (Å²) >= 11 is 0. The molecule has 1 atom stereocenters. The molecule has 0 spiro atoms. The lowest BCUT2D eigenvalue weighted by molar-refractivity contribution is 0.270. The predicted octanol–water partition coefficient (Wildman–Crippen LogP) is 1.99. The lowest BCUT2D eigenvalue weighted by Crippen LogP contribution is -2.14. The Bertz CT molecular complexity index is 312. The van der Waals surface area contributed by atoms with Crippen molar-refractivity contribution in [2.45, 2.75) is 12.8 Å². The van der Waals surface area contributed by atoms with Gasteiger partial charge in [0.1, 0.15) is 5.82 Å². The Labute approximate surface area is 84.0 Å². The van der Waals surface area contributed by atoms with E-state index in [-0.39, 0.29) is 18.3 Å². The van der Waals surface area contributed by atoms with Crippen LogP contribution in [0.5, 0.6) is 0 Å². The molecule has 0 saturated heterocycles. The van der Waals surface area contributed by atoms with Gasteiger partial charge in [-0.1, -0.05) is 13.0 Å². The van der Waals surface area contributed by atoms with E-state index in [1.807, 2.05) is 32.0 Å². The SMILES string of the molecule is CC(CO)c1c(F)cccc1N(C)C.